The molecule has 0 heterocycles. The molecule has 1 fully saturated rings. The number of alkyl carbamates (subject to hydrolysis) is 1. The number of hydrogen-bond donors (Lipinski definition) is 2. The summed E-state index contributed by atoms with van der Waals surface area (Å²) >= 11 is 0. The van der Waals surface area contributed by atoms with E-state index >= 15 is 0 Å². The summed E-state index contributed by atoms with van der Waals surface area (Å²) in [7, 11) is 0. The molecule has 2 aliphatic carbocycles. The molecule has 7 nitrogen and oxygen atoms in total. The summed E-state index contributed by atoms with van der Waals surface area (Å²) in [6.45, 7) is 0.509. The van der Waals surface area contributed by atoms with Gasteiger partial charge < -0.3 is 20.1 Å². The van der Waals surface area contributed by atoms with Crippen LogP contribution in [0.1, 0.15) is 41.9 Å². The molecule has 0 spiro atoms. The number of carbonyl (C=O) groups is 3. The molecule has 7 heteroatoms. The molecule has 36 heavy (non-hydrogen) atoms. The number of fused-ring (bicyclic) bond motifs is 3. The first-order valence-electron chi connectivity index (χ1n) is 12.2. The average Bonchev–Trinajstić information content (AvgIpc) is 3.60. The van der Waals surface area contributed by atoms with Gasteiger partial charge in [0.05, 0.1) is 6.42 Å². The van der Waals surface area contributed by atoms with Gasteiger partial charge in [0.1, 0.15) is 12.1 Å². The van der Waals surface area contributed by atoms with E-state index in [2.05, 4.69) is 29.6 Å². The van der Waals surface area contributed by atoms with Crippen LogP contribution in [0.2, 0.25) is 0 Å². The maximum atomic E-state index is 13.4. The average molecular weight is 485 g/mol. The molecule has 5 rings (SSSR count). The number of carbonyl (C=O) groups excluding carboxylic acids is 2. The lowest BCUT2D eigenvalue weighted by Gasteiger charge is -2.27. The van der Waals surface area contributed by atoms with Crippen molar-refractivity contribution in [3.63, 3.8) is 0 Å². The number of carboxylic acids is 1. The van der Waals surface area contributed by atoms with Crippen molar-refractivity contribution in [2.24, 2.45) is 0 Å². The highest BCUT2D eigenvalue weighted by molar-refractivity contribution is 5.93. The topological polar surface area (TPSA) is 95.9 Å². The fourth-order valence-electron chi connectivity index (χ4n) is 4.94. The number of nitrogens with zero attached hydrogens (tertiary/aromatic N) is 1. The van der Waals surface area contributed by atoms with E-state index in [1.54, 1.807) is 0 Å². The van der Waals surface area contributed by atoms with E-state index in [-0.39, 0.29) is 37.9 Å². The van der Waals surface area contributed by atoms with Crippen LogP contribution in [0, 0.1) is 0 Å². The number of nitrogens with one attached hydrogen (secondary N) is 1. The van der Waals surface area contributed by atoms with E-state index in [0.717, 1.165) is 27.8 Å². The van der Waals surface area contributed by atoms with Crippen molar-refractivity contribution in [3.05, 3.63) is 95.6 Å². The number of carboxylic acid groups (broad SMARTS) is 1. The van der Waals surface area contributed by atoms with E-state index in [1.807, 2.05) is 54.6 Å². The van der Waals surface area contributed by atoms with Gasteiger partial charge in [-0.15, -0.1) is 0 Å². The Labute approximate surface area is 209 Å². The molecule has 0 radical (unpaired) electrons. The molecular weight excluding hydrogens is 456 g/mol. The second-order valence-electron chi connectivity index (χ2n) is 9.39. The van der Waals surface area contributed by atoms with Gasteiger partial charge in [-0.05, 0) is 40.7 Å². The fraction of sp³-hybridized carbons (Fsp3) is 0.276. The van der Waals surface area contributed by atoms with E-state index in [4.69, 9.17) is 9.84 Å². The van der Waals surface area contributed by atoms with Crippen LogP contribution < -0.4 is 5.32 Å². The molecule has 3 aromatic rings. The third-order valence-electron chi connectivity index (χ3n) is 6.94. The van der Waals surface area contributed by atoms with Gasteiger partial charge in [0.2, 0.25) is 5.91 Å². The van der Waals surface area contributed by atoms with Gasteiger partial charge in [-0.2, -0.15) is 0 Å². The number of ether oxygens (including phenoxy) is 1. The summed E-state index contributed by atoms with van der Waals surface area (Å²) in [5.41, 5.74) is 4.37. The summed E-state index contributed by atoms with van der Waals surface area (Å²) in [4.78, 5) is 39.0. The molecular formula is C29H28N2O5. The third-order valence-corrected chi connectivity index (χ3v) is 6.94. The third kappa shape index (κ3) is 4.82. The van der Waals surface area contributed by atoms with E-state index in [1.165, 1.54) is 4.90 Å². The smallest absolute Gasteiger partial charge is 0.408 e. The van der Waals surface area contributed by atoms with E-state index < -0.39 is 17.6 Å². The van der Waals surface area contributed by atoms with E-state index in [9.17, 15) is 14.4 Å². The SMILES string of the molecule is O=C(O)CCN(Cc1ccccc1)C(=O)C1(NC(=O)OCC2c3ccccc3-c3ccccc32)CC1. The van der Waals surface area contributed by atoms with Gasteiger partial charge in [-0.1, -0.05) is 78.9 Å². The fourth-order valence-corrected chi connectivity index (χ4v) is 4.94. The number of benzene rings is 3. The molecule has 0 aliphatic heterocycles. The van der Waals surface area contributed by atoms with Gasteiger partial charge in [0.25, 0.3) is 0 Å². The maximum Gasteiger partial charge on any atom is 0.408 e. The van der Waals surface area contributed by atoms with Crippen molar-refractivity contribution in [1.82, 2.24) is 10.2 Å². The van der Waals surface area contributed by atoms with Crippen LogP contribution in [0.5, 0.6) is 0 Å². The van der Waals surface area contributed by atoms with Crippen molar-refractivity contribution < 1.29 is 24.2 Å². The highest BCUT2D eigenvalue weighted by Gasteiger charge is 2.53. The van der Waals surface area contributed by atoms with Crippen molar-refractivity contribution in [2.45, 2.75) is 37.3 Å². The molecule has 0 saturated heterocycles. The molecule has 2 N–H and O–H groups in total. The van der Waals surface area contributed by atoms with Crippen LogP contribution in [0.4, 0.5) is 4.79 Å². The second kappa shape index (κ2) is 9.85. The normalized spacial score (nSPS) is 14.9. The van der Waals surface area contributed by atoms with Crippen molar-refractivity contribution in [3.8, 4) is 11.1 Å². The van der Waals surface area contributed by atoms with Crippen molar-refractivity contribution in [2.75, 3.05) is 13.2 Å². The van der Waals surface area contributed by atoms with Gasteiger partial charge in [-0.3, -0.25) is 9.59 Å². The Morgan fingerprint density at radius 3 is 2.06 bits per heavy atom. The predicted molar refractivity (Wildman–Crippen MR) is 134 cm³/mol. The molecule has 3 aromatic carbocycles. The Hall–Kier alpha value is -4.13. The summed E-state index contributed by atoms with van der Waals surface area (Å²) in [6.07, 6.45) is 0.183. The molecule has 1 saturated carbocycles. The second-order valence-corrected chi connectivity index (χ2v) is 9.39. The van der Waals surface area contributed by atoms with Crippen LogP contribution in [0.15, 0.2) is 78.9 Å². The van der Waals surface area contributed by atoms with Crippen LogP contribution >= 0.6 is 0 Å². The lowest BCUT2D eigenvalue weighted by molar-refractivity contribution is -0.139. The van der Waals surface area contributed by atoms with Crippen molar-refractivity contribution >= 4 is 18.0 Å². The largest absolute Gasteiger partial charge is 0.481 e. The lowest BCUT2D eigenvalue weighted by atomic mass is 9.98. The monoisotopic (exact) mass is 484 g/mol. The molecule has 0 atom stereocenters. The Kier molecular flexibility index (Phi) is 6.46. The maximum absolute atomic E-state index is 13.4. The Bertz CT molecular complexity index is 1240. The van der Waals surface area contributed by atoms with E-state index in [0.29, 0.717) is 12.8 Å². The minimum absolute atomic E-state index is 0.0666. The lowest BCUT2D eigenvalue weighted by Crippen LogP contribution is -2.51. The summed E-state index contributed by atoms with van der Waals surface area (Å²) in [5, 5.41) is 12.0. The minimum Gasteiger partial charge on any atom is -0.481 e. The summed E-state index contributed by atoms with van der Waals surface area (Å²) in [6, 6.07) is 25.6. The van der Waals surface area contributed by atoms with Gasteiger partial charge in [-0.25, -0.2) is 4.79 Å². The number of aliphatic carboxylic acids is 1. The molecule has 184 valence electrons. The zero-order chi connectivity index (χ0) is 25.1. The van der Waals surface area contributed by atoms with Gasteiger partial charge >= 0.3 is 12.1 Å². The number of hydrogen-bond acceptors (Lipinski definition) is 4. The quantitative estimate of drug-likeness (QED) is 0.464. The first-order valence-corrected chi connectivity index (χ1v) is 12.2. The zero-order valence-electron chi connectivity index (χ0n) is 19.9. The van der Waals surface area contributed by atoms with Crippen LogP contribution in [-0.2, 0) is 20.9 Å². The molecule has 2 aliphatic rings. The molecule has 0 unspecified atom stereocenters. The standard InChI is InChI=1S/C29H28N2O5/c32-26(33)14-17-31(18-20-8-2-1-3-9-20)27(34)29(15-16-29)30-28(35)36-19-25-23-12-6-4-10-21(23)22-11-5-7-13-24(22)25/h1-13,25H,14-19H2,(H,30,35)(H,32,33). The Balaban J connectivity index is 1.25. The van der Waals surface area contributed by atoms with Gasteiger partial charge in [0, 0.05) is 19.0 Å². The van der Waals surface area contributed by atoms with Crippen LogP contribution in [0.3, 0.4) is 0 Å². The zero-order valence-corrected chi connectivity index (χ0v) is 19.9. The molecule has 0 aromatic heterocycles. The molecule has 0 bridgehead atoms. The first-order chi connectivity index (χ1) is 17.5. The minimum atomic E-state index is -1.05. The summed E-state index contributed by atoms with van der Waals surface area (Å²) in [5.74, 6) is -1.32. The first kappa shape index (κ1) is 23.6. The highest BCUT2D eigenvalue weighted by Crippen LogP contribution is 2.44. The number of rotatable bonds is 9. The van der Waals surface area contributed by atoms with Crippen molar-refractivity contribution in [1.29, 1.82) is 0 Å². The Morgan fingerprint density at radius 1 is 0.889 bits per heavy atom. The van der Waals surface area contributed by atoms with Crippen LogP contribution in [-0.4, -0.2) is 46.7 Å². The Morgan fingerprint density at radius 2 is 1.47 bits per heavy atom. The summed E-state index contributed by atoms with van der Waals surface area (Å²) < 4.78 is 5.65. The molecule has 2 amide bonds. The van der Waals surface area contributed by atoms with Gasteiger partial charge in [0.15, 0.2) is 0 Å². The highest BCUT2D eigenvalue weighted by atomic mass is 16.5. The number of amides is 2. The van der Waals surface area contributed by atoms with Crippen LogP contribution in [0.25, 0.3) is 11.1 Å². The predicted octanol–water partition coefficient (Wildman–Crippen LogP) is 4.56.